The maximum absolute atomic E-state index is 7.25. The summed E-state index contributed by atoms with van der Waals surface area (Å²) in [6.45, 7) is 7.90. The molecule has 0 radical (unpaired) electrons. The molecule has 3 heteroatoms. The van der Waals surface area contributed by atoms with Crippen LogP contribution in [0, 0.1) is 6.57 Å². The Kier molecular flexibility index (Phi) is 3.46. The summed E-state index contributed by atoms with van der Waals surface area (Å²) in [6.07, 6.45) is 1.86. The lowest BCUT2D eigenvalue weighted by molar-refractivity contribution is -0.0799. The molecule has 1 aromatic rings. The van der Waals surface area contributed by atoms with Crippen molar-refractivity contribution in [2.24, 2.45) is 0 Å². The minimum absolute atomic E-state index is 0.228. The first-order valence-electron chi connectivity index (χ1n) is 5.88. The first kappa shape index (κ1) is 12.1. The Balaban J connectivity index is 1.80. The van der Waals surface area contributed by atoms with E-state index < -0.39 is 0 Å². The molecule has 17 heavy (non-hydrogen) atoms. The number of hydrogen-bond acceptors (Lipinski definition) is 2. The van der Waals surface area contributed by atoms with Gasteiger partial charge in [-0.2, -0.15) is 0 Å². The van der Waals surface area contributed by atoms with Crippen molar-refractivity contribution >= 4 is 0 Å². The highest BCUT2D eigenvalue weighted by molar-refractivity contribution is 5.14. The van der Waals surface area contributed by atoms with Gasteiger partial charge in [0.15, 0.2) is 0 Å². The van der Waals surface area contributed by atoms with Crippen LogP contribution in [0.3, 0.4) is 0 Å². The van der Waals surface area contributed by atoms with Gasteiger partial charge in [0.25, 0.3) is 5.66 Å². The highest BCUT2D eigenvalue weighted by atomic mass is 16.5. The largest absolute Gasteiger partial charge is 0.373 e. The van der Waals surface area contributed by atoms with Crippen LogP contribution in [0.15, 0.2) is 30.3 Å². The van der Waals surface area contributed by atoms with E-state index in [9.17, 15) is 0 Å². The van der Waals surface area contributed by atoms with Gasteiger partial charge < -0.3 is 4.74 Å². The summed E-state index contributed by atoms with van der Waals surface area (Å²) in [7, 11) is 3.93. The van der Waals surface area contributed by atoms with Gasteiger partial charge in [-0.3, -0.25) is 4.85 Å². The Morgan fingerprint density at radius 3 is 2.53 bits per heavy atom. The van der Waals surface area contributed by atoms with Gasteiger partial charge in [0, 0.05) is 0 Å². The summed E-state index contributed by atoms with van der Waals surface area (Å²) in [6, 6.07) is 10.2. The summed E-state index contributed by atoms with van der Waals surface area (Å²) < 4.78 is 5.80. The van der Waals surface area contributed by atoms with Crippen LogP contribution in [0.1, 0.15) is 18.4 Å². The van der Waals surface area contributed by atoms with Gasteiger partial charge in [-0.05, 0) is 19.7 Å². The van der Waals surface area contributed by atoms with Gasteiger partial charge >= 0.3 is 0 Å². The molecule has 0 aliphatic heterocycles. The Hall–Kier alpha value is -1.37. The summed E-state index contributed by atoms with van der Waals surface area (Å²) in [5.41, 5.74) is 0.874. The van der Waals surface area contributed by atoms with Crippen molar-refractivity contribution < 1.29 is 4.74 Å². The van der Waals surface area contributed by atoms with Gasteiger partial charge in [-0.15, -0.1) is 0 Å². The quantitative estimate of drug-likeness (QED) is 0.739. The van der Waals surface area contributed by atoms with Crippen LogP contribution in [-0.4, -0.2) is 30.8 Å². The molecule has 0 atom stereocenters. The number of rotatable bonds is 4. The van der Waals surface area contributed by atoms with Gasteiger partial charge in [-0.1, -0.05) is 30.3 Å². The monoisotopic (exact) mass is 230 g/mol. The standard InChI is InChI=1S/C14H18N2O/c1-15-14(16(2)3)9-13(10-14)17-11-12-7-5-4-6-8-12/h4-8,13H,9-11H2,2-3H3. The van der Waals surface area contributed by atoms with Crippen molar-refractivity contribution in [3.05, 3.63) is 47.3 Å². The van der Waals surface area contributed by atoms with Crippen molar-refractivity contribution in [3.63, 3.8) is 0 Å². The van der Waals surface area contributed by atoms with Crippen molar-refractivity contribution in [1.82, 2.24) is 4.90 Å². The molecule has 1 saturated carbocycles. The molecule has 1 fully saturated rings. The zero-order valence-corrected chi connectivity index (χ0v) is 10.4. The fourth-order valence-electron chi connectivity index (χ4n) is 2.13. The highest BCUT2D eigenvalue weighted by Crippen LogP contribution is 2.39. The van der Waals surface area contributed by atoms with E-state index in [0.717, 1.165) is 12.8 Å². The minimum Gasteiger partial charge on any atom is -0.373 e. The predicted octanol–water partition coefficient (Wildman–Crippen LogP) is 2.54. The molecule has 0 unspecified atom stereocenters. The van der Waals surface area contributed by atoms with E-state index in [4.69, 9.17) is 11.3 Å². The second kappa shape index (κ2) is 4.87. The zero-order valence-electron chi connectivity index (χ0n) is 10.4. The van der Waals surface area contributed by atoms with Gasteiger partial charge in [-0.25, -0.2) is 11.5 Å². The van der Waals surface area contributed by atoms with Crippen LogP contribution in [0.2, 0.25) is 0 Å². The van der Waals surface area contributed by atoms with Crippen molar-refractivity contribution in [2.45, 2.75) is 31.2 Å². The van der Waals surface area contributed by atoms with E-state index in [0.29, 0.717) is 6.61 Å². The molecule has 90 valence electrons. The van der Waals surface area contributed by atoms with E-state index in [1.807, 2.05) is 37.2 Å². The van der Waals surface area contributed by atoms with Crippen LogP contribution in [0.5, 0.6) is 0 Å². The lowest BCUT2D eigenvalue weighted by Crippen LogP contribution is -2.55. The molecule has 0 saturated heterocycles. The molecular weight excluding hydrogens is 212 g/mol. The molecule has 0 spiro atoms. The smallest absolute Gasteiger partial charge is 0.293 e. The van der Waals surface area contributed by atoms with E-state index >= 15 is 0 Å². The lowest BCUT2D eigenvalue weighted by Gasteiger charge is -2.41. The van der Waals surface area contributed by atoms with Crippen molar-refractivity contribution in [1.29, 1.82) is 0 Å². The number of hydrogen-bond donors (Lipinski definition) is 0. The van der Waals surface area contributed by atoms with Gasteiger partial charge in [0.05, 0.1) is 25.6 Å². The summed E-state index contributed by atoms with van der Waals surface area (Å²) in [5, 5.41) is 0. The molecule has 3 nitrogen and oxygen atoms in total. The minimum atomic E-state index is -0.318. The molecule has 0 amide bonds. The van der Waals surface area contributed by atoms with Crippen LogP contribution < -0.4 is 0 Å². The number of nitrogens with zero attached hydrogens (tertiary/aromatic N) is 2. The first-order chi connectivity index (χ1) is 8.16. The maximum Gasteiger partial charge on any atom is 0.293 e. The maximum atomic E-state index is 7.25. The Labute approximate surface area is 103 Å². The second-order valence-corrected chi connectivity index (χ2v) is 4.82. The fraction of sp³-hybridized carbons (Fsp3) is 0.500. The van der Waals surface area contributed by atoms with E-state index in [1.165, 1.54) is 5.56 Å². The SMILES string of the molecule is [C-]#[N+]C1(N(C)C)CC(OCc2ccccc2)C1. The van der Waals surface area contributed by atoms with Crippen LogP contribution in [0.4, 0.5) is 0 Å². The average Bonchev–Trinajstić information content (AvgIpc) is 2.29. The third kappa shape index (κ3) is 2.49. The van der Waals surface area contributed by atoms with Gasteiger partial charge in [0.1, 0.15) is 0 Å². The number of ether oxygens (including phenoxy) is 1. The highest BCUT2D eigenvalue weighted by Gasteiger charge is 2.53. The second-order valence-electron chi connectivity index (χ2n) is 4.82. The van der Waals surface area contributed by atoms with Crippen LogP contribution >= 0.6 is 0 Å². The normalized spacial score (nSPS) is 27.5. The van der Waals surface area contributed by atoms with E-state index in [2.05, 4.69) is 17.0 Å². The zero-order chi connectivity index (χ0) is 12.3. The topological polar surface area (TPSA) is 16.8 Å². The van der Waals surface area contributed by atoms with Crippen molar-refractivity contribution in [2.75, 3.05) is 14.1 Å². The summed E-state index contributed by atoms with van der Waals surface area (Å²) in [4.78, 5) is 5.73. The lowest BCUT2D eigenvalue weighted by atomic mass is 9.81. The van der Waals surface area contributed by atoms with Gasteiger partial charge in [0.2, 0.25) is 0 Å². The molecular formula is C14H18N2O. The first-order valence-corrected chi connectivity index (χ1v) is 5.88. The van der Waals surface area contributed by atoms with Crippen LogP contribution in [0.25, 0.3) is 4.85 Å². The Morgan fingerprint density at radius 2 is 2.00 bits per heavy atom. The average molecular weight is 230 g/mol. The Morgan fingerprint density at radius 1 is 1.35 bits per heavy atom. The molecule has 2 rings (SSSR count). The third-order valence-electron chi connectivity index (χ3n) is 3.48. The molecule has 0 N–H and O–H groups in total. The van der Waals surface area contributed by atoms with E-state index in [-0.39, 0.29) is 11.8 Å². The molecule has 0 bridgehead atoms. The molecule has 1 aromatic carbocycles. The molecule has 0 aromatic heterocycles. The third-order valence-corrected chi connectivity index (χ3v) is 3.48. The summed E-state index contributed by atoms with van der Waals surface area (Å²) >= 11 is 0. The Bertz CT molecular complexity index is 402. The summed E-state index contributed by atoms with van der Waals surface area (Å²) in [5.74, 6) is 0. The van der Waals surface area contributed by atoms with Crippen molar-refractivity contribution in [3.8, 4) is 0 Å². The van der Waals surface area contributed by atoms with E-state index in [1.54, 1.807) is 0 Å². The molecule has 1 aliphatic carbocycles. The number of benzene rings is 1. The predicted molar refractivity (Wildman–Crippen MR) is 67.3 cm³/mol. The molecule has 1 aliphatic rings. The fourth-order valence-corrected chi connectivity index (χ4v) is 2.13. The van der Waals surface area contributed by atoms with Crippen LogP contribution in [-0.2, 0) is 11.3 Å². The molecule has 0 heterocycles.